The molecule has 0 radical (unpaired) electrons. The number of aliphatic hydroxyl groups excluding tert-OH is 2. The Hall–Kier alpha value is -3.27. The minimum Gasteiger partial charge on any atom is -0.497 e. The zero-order valence-corrected chi connectivity index (χ0v) is 16.2. The molecular formula is C20H18N4O4S. The summed E-state index contributed by atoms with van der Waals surface area (Å²) in [5, 5.41) is 27.8. The fourth-order valence-corrected chi connectivity index (χ4v) is 3.82. The summed E-state index contributed by atoms with van der Waals surface area (Å²) in [5.41, 5.74) is 1.78. The second-order valence-corrected chi connectivity index (χ2v) is 7.33. The first-order valence-electron chi connectivity index (χ1n) is 8.77. The van der Waals surface area contributed by atoms with E-state index < -0.39 is 18.1 Å². The van der Waals surface area contributed by atoms with E-state index in [-0.39, 0.29) is 5.01 Å². The van der Waals surface area contributed by atoms with Crippen LogP contribution in [0.5, 0.6) is 5.75 Å². The average Bonchev–Trinajstić information content (AvgIpc) is 3.42. The number of thiazole rings is 1. The summed E-state index contributed by atoms with van der Waals surface area (Å²) in [6.45, 7) is 0. The third-order valence-electron chi connectivity index (χ3n) is 4.29. The van der Waals surface area contributed by atoms with Crippen LogP contribution in [0.2, 0.25) is 0 Å². The SMILES string of the molecule is COc1cc(NC(=O)C(O)C(O)c2nc3ccccc3s2)cc(-n2cccn2)c1. The number of nitrogens with zero attached hydrogens (tertiary/aromatic N) is 3. The van der Waals surface area contributed by atoms with Crippen molar-refractivity contribution in [3.8, 4) is 11.4 Å². The Balaban J connectivity index is 1.54. The maximum Gasteiger partial charge on any atom is 0.256 e. The Labute approximate surface area is 170 Å². The van der Waals surface area contributed by atoms with Gasteiger partial charge in [0, 0.05) is 30.2 Å². The van der Waals surface area contributed by atoms with E-state index in [2.05, 4.69) is 15.4 Å². The zero-order valence-electron chi connectivity index (χ0n) is 15.4. The number of hydrogen-bond donors (Lipinski definition) is 3. The monoisotopic (exact) mass is 410 g/mol. The van der Waals surface area contributed by atoms with Gasteiger partial charge in [0.15, 0.2) is 6.10 Å². The molecule has 9 heteroatoms. The number of methoxy groups -OCH3 is 1. The number of fused-ring (bicyclic) bond motifs is 1. The fourth-order valence-electron chi connectivity index (χ4n) is 2.84. The number of ether oxygens (including phenoxy) is 1. The number of anilines is 1. The number of hydrogen-bond acceptors (Lipinski definition) is 7. The van der Waals surface area contributed by atoms with E-state index in [0.717, 1.165) is 4.70 Å². The minimum absolute atomic E-state index is 0.275. The van der Waals surface area contributed by atoms with Crippen LogP contribution in [-0.2, 0) is 4.79 Å². The number of rotatable bonds is 6. The van der Waals surface area contributed by atoms with Crippen LogP contribution in [-0.4, -0.2) is 44.1 Å². The number of para-hydroxylation sites is 1. The molecule has 1 amide bonds. The van der Waals surface area contributed by atoms with Gasteiger partial charge in [0.25, 0.3) is 5.91 Å². The number of amides is 1. The van der Waals surface area contributed by atoms with Crippen LogP contribution in [0.4, 0.5) is 5.69 Å². The minimum atomic E-state index is -1.69. The lowest BCUT2D eigenvalue weighted by atomic mass is 10.2. The molecule has 0 aliphatic carbocycles. The Kier molecular flexibility index (Phi) is 5.26. The number of benzene rings is 2. The molecule has 0 fully saturated rings. The van der Waals surface area contributed by atoms with Crippen LogP contribution in [0.3, 0.4) is 0 Å². The highest BCUT2D eigenvalue weighted by Gasteiger charge is 2.28. The van der Waals surface area contributed by atoms with Crippen molar-refractivity contribution in [3.63, 3.8) is 0 Å². The molecule has 0 bridgehead atoms. The molecule has 0 aliphatic rings. The van der Waals surface area contributed by atoms with Gasteiger partial charge >= 0.3 is 0 Å². The molecule has 148 valence electrons. The van der Waals surface area contributed by atoms with Crippen molar-refractivity contribution in [1.29, 1.82) is 0 Å². The molecule has 2 unspecified atom stereocenters. The molecule has 2 aromatic heterocycles. The highest BCUT2D eigenvalue weighted by molar-refractivity contribution is 7.18. The lowest BCUT2D eigenvalue weighted by Crippen LogP contribution is -2.33. The first kappa shape index (κ1) is 19.1. The largest absolute Gasteiger partial charge is 0.497 e. The van der Waals surface area contributed by atoms with Gasteiger partial charge in [0.05, 0.1) is 23.0 Å². The van der Waals surface area contributed by atoms with E-state index in [1.807, 2.05) is 24.3 Å². The van der Waals surface area contributed by atoms with Crippen LogP contribution >= 0.6 is 11.3 Å². The van der Waals surface area contributed by atoms with E-state index in [1.165, 1.54) is 18.4 Å². The third-order valence-corrected chi connectivity index (χ3v) is 5.40. The fraction of sp³-hybridized carbons (Fsp3) is 0.150. The smallest absolute Gasteiger partial charge is 0.256 e. The molecule has 2 aromatic carbocycles. The summed E-state index contributed by atoms with van der Waals surface area (Å²) < 4.78 is 7.76. The Morgan fingerprint density at radius 2 is 2.03 bits per heavy atom. The molecule has 29 heavy (non-hydrogen) atoms. The molecule has 2 atom stereocenters. The highest BCUT2D eigenvalue weighted by Crippen LogP contribution is 2.29. The predicted molar refractivity (Wildman–Crippen MR) is 109 cm³/mol. The van der Waals surface area contributed by atoms with Gasteiger partial charge in [0.1, 0.15) is 16.9 Å². The molecule has 0 saturated heterocycles. The standard InChI is InChI=1S/C20H18N4O4S/c1-28-14-10-12(9-13(11-14)24-8-4-7-21-24)22-19(27)17(25)18(26)20-23-15-5-2-3-6-16(15)29-20/h2-11,17-18,25-26H,1H3,(H,22,27). The van der Waals surface area contributed by atoms with Gasteiger partial charge in [-0.15, -0.1) is 11.3 Å². The third kappa shape index (κ3) is 3.97. The number of nitrogens with one attached hydrogen (secondary N) is 1. The molecule has 8 nitrogen and oxygen atoms in total. The van der Waals surface area contributed by atoms with E-state index in [9.17, 15) is 15.0 Å². The second-order valence-electron chi connectivity index (χ2n) is 6.27. The number of aromatic nitrogens is 3. The molecular weight excluding hydrogens is 392 g/mol. The zero-order chi connectivity index (χ0) is 20.4. The first-order valence-corrected chi connectivity index (χ1v) is 9.58. The quantitative estimate of drug-likeness (QED) is 0.451. The van der Waals surface area contributed by atoms with Gasteiger partial charge in [-0.05, 0) is 24.3 Å². The Morgan fingerprint density at radius 1 is 1.21 bits per heavy atom. The topological polar surface area (TPSA) is 110 Å². The summed E-state index contributed by atoms with van der Waals surface area (Å²) in [4.78, 5) is 16.8. The molecule has 4 rings (SSSR count). The normalized spacial score (nSPS) is 13.2. The number of carbonyl (C=O) groups excluding carboxylic acids is 1. The van der Waals surface area contributed by atoms with Crippen molar-refractivity contribution in [3.05, 3.63) is 65.9 Å². The maximum atomic E-state index is 12.5. The van der Waals surface area contributed by atoms with Crippen molar-refractivity contribution < 1.29 is 19.7 Å². The summed E-state index contributed by atoms with van der Waals surface area (Å²) >= 11 is 1.23. The molecule has 2 heterocycles. The van der Waals surface area contributed by atoms with Gasteiger partial charge in [-0.3, -0.25) is 4.79 Å². The molecule has 0 spiro atoms. The van der Waals surface area contributed by atoms with Crippen molar-refractivity contribution >= 4 is 33.1 Å². The maximum absolute atomic E-state index is 12.5. The molecule has 3 N–H and O–H groups in total. The highest BCUT2D eigenvalue weighted by atomic mass is 32.1. The van der Waals surface area contributed by atoms with Crippen LogP contribution in [0.25, 0.3) is 15.9 Å². The van der Waals surface area contributed by atoms with Crippen molar-refractivity contribution in [2.75, 3.05) is 12.4 Å². The van der Waals surface area contributed by atoms with E-state index in [1.54, 1.807) is 41.3 Å². The lowest BCUT2D eigenvalue weighted by molar-refractivity contribution is -0.129. The summed E-state index contributed by atoms with van der Waals surface area (Å²) in [6.07, 6.45) is 0.264. The summed E-state index contributed by atoms with van der Waals surface area (Å²) in [6, 6.07) is 14.2. The van der Waals surface area contributed by atoms with Gasteiger partial charge < -0.3 is 20.3 Å². The first-order chi connectivity index (χ1) is 14.0. The van der Waals surface area contributed by atoms with Gasteiger partial charge in [0.2, 0.25) is 0 Å². The van der Waals surface area contributed by atoms with Crippen LogP contribution in [0.15, 0.2) is 60.9 Å². The summed E-state index contributed by atoms with van der Waals surface area (Å²) in [7, 11) is 1.51. The second kappa shape index (κ2) is 8.00. The van der Waals surface area contributed by atoms with Crippen LogP contribution in [0, 0.1) is 0 Å². The predicted octanol–water partition coefficient (Wildman–Crippen LogP) is 2.52. The molecule has 0 aliphatic heterocycles. The van der Waals surface area contributed by atoms with Gasteiger partial charge in [-0.25, -0.2) is 9.67 Å². The van der Waals surface area contributed by atoms with Gasteiger partial charge in [-0.1, -0.05) is 12.1 Å². The Bertz CT molecular complexity index is 1110. The lowest BCUT2D eigenvalue weighted by Gasteiger charge is -2.16. The Morgan fingerprint density at radius 3 is 2.76 bits per heavy atom. The van der Waals surface area contributed by atoms with Gasteiger partial charge in [-0.2, -0.15) is 5.10 Å². The van der Waals surface area contributed by atoms with Crippen molar-refractivity contribution in [2.45, 2.75) is 12.2 Å². The van der Waals surface area contributed by atoms with Crippen LogP contribution in [0.1, 0.15) is 11.1 Å². The van der Waals surface area contributed by atoms with E-state index in [4.69, 9.17) is 4.74 Å². The summed E-state index contributed by atoms with van der Waals surface area (Å²) in [5.74, 6) is -0.245. The van der Waals surface area contributed by atoms with Crippen molar-refractivity contribution in [2.24, 2.45) is 0 Å². The average molecular weight is 410 g/mol. The molecule has 4 aromatic rings. The van der Waals surface area contributed by atoms with Crippen LogP contribution < -0.4 is 10.1 Å². The number of carbonyl (C=O) groups is 1. The van der Waals surface area contributed by atoms with E-state index in [0.29, 0.717) is 22.6 Å². The van der Waals surface area contributed by atoms with E-state index >= 15 is 0 Å². The molecule has 0 saturated carbocycles. The number of aliphatic hydroxyl groups is 2. The van der Waals surface area contributed by atoms with Crippen molar-refractivity contribution in [1.82, 2.24) is 14.8 Å².